The highest BCUT2D eigenvalue weighted by molar-refractivity contribution is 8.14. The van der Waals surface area contributed by atoms with E-state index in [4.69, 9.17) is 4.74 Å². The molecular formula is C18H16N4O2S. The molecule has 0 aliphatic carbocycles. The molecule has 1 N–H and O–H groups in total. The van der Waals surface area contributed by atoms with Crippen molar-refractivity contribution in [1.29, 1.82) is 0 Å². The van der Waals surface area contributed by atoms with Gasteiger partial charge in [-0.2, -0.15) is 4.99 Å². The van der Waals surface area contributed by atoms with E-state index in [9.17, 15) is 4.79 Å². The monoisotopic (exact) mass is 352 g/mol. The predicted molar refractivity (Wildman–Crippen MR) is 101 cm³/mol. The van der Waals surface area contributed by atoms with E-state index in [0.717, 1.165) is 29.1 Å². The maximum Gasteiger partial charge on any atom is 0.281 e. The number of fused-ring (bicyclic) bond motifs is 1. The highest BCUT2D eigenvalue weighted by atomic mass is 32.2. The van der Waals surface area contributed by atoms with Crippen LogP contribution in [-0.4, -0.2) is 40.5 Å². The van der Waals surface area contributed by atoms with E-state index in [-0.39, 0.29) is 5.91 Å². The van der Waals surface area contributed by atoms with E-state index in [0.29, 0.717) is 16.4 Å². The normalized spacial score (nSPS) is 15.9. The van der Waals surface area contributed by atoms with Crippen LogP contribution in [-0.2, 0) is 0 Å². The van der Waals surface area contributed by atoms with Crippen molar-refractivity contribution in [3.8, 4) is 5.75 Å². The highest BCUT2D eigenvalue weighted by Gasteiger charge is 2.25. The summed E-state index contributed by atoms with van der Waals surface area (Å²) in [5.74, 6) is 1.37. The molecule has 0 bridgehead atoms. The number of anilines is 1. The van der Waals surface area contributed by atoms with Crippen molar-refractivity contribution in [3.05, 3.63) is 54.4 Å². The molecule has 3 heterocycles. The van der Waals surface area contributed by atoms with Crippen LogP contribution in [0.25, 0.3) is 11.0 Å². The summed E-state index contributed by atoms with van der Waals surface area (Å²) in [7, 11) is 1.64. The highest BCUT2D eigenvalue weighted by Crippen LogP contribution is 2.33. The lowest BCUT2D eigenvalue weighted by molar-refractivity contribution is 0.100. The Kier molecular flexibility index (Phi) is 4.15. The van der Waals surface area contributed by atoms with Gasteiger partial charge in [0.1, 0.15) is 11.4 Å². The molecule has 0 atom stereocenters. The summed E-state index contributed by atoms with van der Waals surface area (Å²) < 4.78 is 5.44. The molecule has 2 aromatic heterocycles. The molecule has 126 valence electrons. The van der Waals surface area contributed by atoms with Crippen LogP contribution in [0.4, 0.5) is 5.69 Å². The molecule has 1 fully saturated rings. The van der Waals surface area contributed by atoms with Crippen molar-refractivity contribution < 1.29 is 9.53 Å². The molecule has 7 heteroatoms. The summed E-state index contributed by atoms with van der Waals surface area (Å²) in [6.45, 7) is 0.784. The second kappa shape index (κ2) is 6.60. The fraction of sp³-hybridized carbons (Fsp3) is 0.167. The molecule has 1 saturated heterocycles. The van der Waals surface area contributed by atoms with Gasteiger partial charge in [0.2, 0.25) is 0 Å². The molecule has 1 amide bonds. The Balaban J connectivity index is 1.69. The number of aromatic amines is 1. The number of carbonyl (C=O) groups excluding carboxylic acids is 1. The lowest BCUT2D eigenvalue weighted by Crippen LogP contribution is -2.25. The second-order valence-electron chi connectivity index (χ2n) is 5.47. The van der Waals surface area contributed by atoms with Gasteiger partial charge in [-0.1, -0.05) is 23.9 Å². The number of aliphatic imine (C=N–C) groups is 1. The zero-order valence-electron chi connectivity index (χ0n) is 13.6. The molecule has 6 nitrogen and oxygen atoms in total. The number of carbonyl (C=O) groups is 1. The Morgan fingerprint density at radius 3 is 3.08 bits per heavy atom. The van der Waals surface area contributed by atoms with Crippen molar-refractivity contribution in [2.24, 2.45) is 4.99 Å². The Morgan fingerprint density at radius 2 is 2.20 bits per heavy atom. The number of para-hydroxylation sites is 2. The van der Waals surface area contributed by atoms with Gasteiger partial charge in [0, 0.05) is 30.1 Å². The van der Waals surface area contributed by atoms with Crippen molar-refractivity contribution >= 4 is 39.6 Å². The van der Waals surface area contributed by atoms with Gasteiger partial charge in [-0.15, -0.1) is 0 Å². The Bertz CT molecular complexity index is 966. The molecular weight excluding hydrogens is 336 g/mol. The maximum absolute atomic E-state index is 12.7. The standard InChI is InChI=1S/C18H16N4O2S/c1-24-15-7-3-2-6-14(15)22-9-10-25-18(22)21-17(23)13-11-20-16-12(13)5-4-8-19-16/h2-8,11H,9-10H2,1H3,(H,19,20). The number of ether oxygens (including phenoxy) is 1. The Hall–Kier alpha value is -2.80. The van der Waals surface area contributed by atoms with Gasteiger partial charge in [-0.25, -0.2) is 4.98 Å². The quantitative estimate of drug-likeness (QED) is 0.783. The topological polar surface area (TPSA) is 70.6 Å². The third-order valence-electron chi connectivity index (χ3n) is 4.03. The summed E-state index contributed by atoms with van der Waals surface area (Å²) in [6.07, 6.45) is 3.35. The molecule has 0 spiro atoms. The van der Waals surface area contributed by atoms with Gasteiger partial charge < -0.3 is 14.6 Å². The lowest BCUT2D eigenvalue weighted by Gasteiger charge is -2.20. The fourth-order valence-corrected chi connectivity index (χ4v) is 3.80. The number of nitrogens with one attached hydrogen (secondary N) is 1. The van der Waals surface area contributed by atoms with Gasteiger partial charge in [0.25, 0.3) is 5.91 Å². The van der Waals surface area contributed by atoms with E-state index in [1.807, 2.05) is 41.3 Å². The summed E-state index contributed by atoms with van der Waals surface area (Å²) in [6, 6.07) is 11.4. The number of H-pyrrole nitrogens is 1. The second-order valence-corrected chi connectivity index (χ2v) is 6.54. The number of amides is 1. The molecule has 1 aliphatic heterocycles. The van der Waals surface area contributed by atoms with Gasteiger partial charge in [0.05, 0.1) is 18.4 Å². The smallest absolute Gasteiger partial charge is 0.281 e. The lowest BCUT2D eigenvalue weighted by atomic mass is 10.2. The first-order valence-corrected chi connectivity index (χ1v) is 8.85. The average Bonchev–Trinajstić information content (AvgIpc) is 3.28. The first-order chi connectivity index (χ1) is 12.3. The SMILES string of the molecule is COc1ccccc1N1CCSC1=NC(=O)c1c[nH]c2ncccc12. The molecule has 4 rings (SSSR count). The Labute approximate surface area is 148 Å². The first kappa shape index (κ1) is 15.7. The third kappa shape index (κ3) is 2.87. The number of amidine groups is 1. The number of hydrogen-bond acceptors (Lipinski definition) is 4. The van der Waals surface area contributed by atoms with Crippen LogP contribution in [0.3, 0.4) is 0 Å². The van der Waals surface area contributed by atoms with Crippen molar-refractivity contribution in [2.75, 3.05) is 24.3 Å². The molecule has 0 radical (unpaired) electrons. The van der Waals surface area contributed by atoms with Crippen LogP contribution in [0, 0.1) is 0 Å². The number of methoxy groups -OCH3 is 1. The number of benzene rings is 1. The minimum Gasteiger partial charge on any atom is -0.495 e. The molecule has 0 unspecified atom stereocenters. The van der Waals surface area contributed by atoms with Crippen LogP contribution in [0.15, 0.2) is 53.8 Å². The van der Waals surface area contributed by atoms with Crippen molar-refractivity contribution in [3.63, 3.8) is 0 Å². The largest absolute Gasteiger partial charge is 0.495 e. The molecule has 1 aromatic carbocycles. The summed E-state index contributed by atoms with van der Waals surface area (Å²) in [4.78, 5) is 26.3. The Morgan fingerprint density at radius 1 is 1.32 bits per heavy atom. The number of rotatable bonds is 3. The van der Waals surface area contributed by atoms with Crippen LogP contribution < -0.4 is 9.64 Å². The van der Waals surface area contributed by atoms with Gasteiger partial charge in [0.15, 0.2) is 5.17 Å². The molecule has 1 aliphatic rings. The van der Waals surface area contributed by atoms with E-state index >= 15 is 0 Å². The van der Waals surface area contributed by atoms with E-state index in [2.05, 4.69) is 15.0 Å². The molecule has 0 saturated carbocycles. The minimum atomic E-state index is -0.274. The third-order valence-corrected chi connectivity index (χ3v) is 4.99. The van der Waals surface area contributed by atoms with Gasteiger partial charge in [-0.05, 0) is 24.3 Å². The zero-order valence-corrected chi connectivity index (χ0v) is 14.4. The summed E-state index contributed by atoms with van der Waals surface area (Å²) >= 11 is 1.57. The summed E-state index contributed by atoms with van der Waals surface area (Å²) in [5.41, 5.74) is 2.14. The van der Waals surface area contributed by atoms with Crippen LogP contribution in [0.2, 0.25) is 0 Å². The van der Waals surface area contributed by atoms with Crippen molar-refractivity contribution in [1.82, 2.24) is 9.97 Å². The van der Waals surface area contributed by atoms with Crippen molar-refractivity contribution in [2.45, 2.75) is 0 Å². The van der Waals surface area contributed by atoms with E-state index in [1.165, 1.54) is 0 Å². The summed E-state index contributed by atoms with van der Waals surface area (Å²) in [5, 5.41) is 1.47. The minimum absolute atomic E-state index is 0.274. The van der Waals surface area contributed by atoms with Crippen LogP contribution in [0.1, 0.15) is 10.4 Å². The number of aromatic nitrogens is 2. The van der Waals surface area contributed by atoms with Gasteiger partial charge >= 0.3 is 0 Å². The fourth-order valence-electron chi connectivity index (χ4n) is 2.85. The van der Waals surface area contributed by atoms with E-state index in [1.54, 1.807) is 31.3 Å². The molecule has 25 heavy (non-hydrogen) atoms. The first-order valence-electron chi connectivity index (χ1n) is 7.86. The maximum atomic E-state index is 12.7. The van der Waals surface area contributed by atoms with Crippen LogP contribution in [0.5, 0.6) is 5.75 Å². The predicted octanol–water partition coefficient (Wildman–Crippen LogP) is 3.32. The van der Waals surface area contributed by atoms with E-state index < -0.39 is 0 Å². The van der Waals surface area contributed by atoms with Gasteiger partial charge in [-0.3, -0.25) is 4.79 Å². The molecule has 3 aromatic rings. The number of thioether (sulfide) groups is 1. The number of nitrogens with zero attached hydrogens (tertiary/aromatic N) is 3. The van der Waals surface area contributed by atoms with Crippen LogP contribution >= 0.6 is 11.8 Å². The number of hydrogen-bond donors (Lipinski definition) is 1. The average molecular weight is 352 g/mol. The number of pyridine rings is 1. The zero-order chi connectivity index (χ0) is 17.2.